The molecule has 8 atom stereocenters. The van der Waals surface area contributed by atoms with Crippen LogP contribution in [0.2, 0.25) is 0 Å². The molecule has 0 bridgehead atoms. The normalized spacial score (nSPS) is 46.0. The lowest BCUT2D eigenvalue weighted by Gasteiger charge is -2.58. The summed E-state index contributed by atoms with van der Waals surface area (Å²) >= 11 is 0. The number of allylic oxidation sites excluding steroid dienone is 1. The molecule has 4 rings (SSSR count). The van der Waals surface area contributed by atoms with Crippen molar-refractivity contribution in [2.75, 3.05) is 6.61 Å². The zero-order chi connectivity index (χ0) is 20.1. The third-order valence-electron chi connectivity index (χ3n) is 9.74. The fraction of sp³-hybridized carbons (Fsp3) is 0.880. The van der Waals surface area contributed by atoms with Gasteiger partial charge in [0.1, 0.15) is 6.10 Å². The van der Waals surface area contributed by atoms with Crippen molar-refractivity contribution in [3.05, 3.63) is 11.6 Å². The second-order valence-corrected chi connectivity index (χ2v) is 11.0. The molecule has 158 valence electrons. The Hall–Kier alpha value is -0.830. The summed E-state index contributed by atoms with van der Waals surface area (Å²) in [4.78, 5) is 11.4. The van der Waals surface area contributed by atoms with Gasteiger partial charge in [0.15, 0.2) is 0 Å². The van der Waals surface area contributed by atoms with Crippen molar-refractivity contribution in [1.82, 2.24) is 0 Å². The summed E-state index contributed by atoms with van der Waals surface area (Å²) in [5.41, 5.74) is 2.36. The Morgan fingerprint density at radius 2 is 2.00 bits per heavy atom. The SMILES string of the molecule is CC(=O)O[C@H]1CC[C@@]2(C)C(=CC[C@H]3[C@@H]4CC[C@H]([C@H](C)CCO)[C@@]4(C)CC[C@@H]32)C1. The Kier molecular flexibility index (Phi) is 5.44. The second kappa shape index (κ2) is 7.45. The molecule has 0 amide bonds. The van der Waals surface area contributed by atoms with Gasteiger partial charge in [-0.1, -0.05) is 32.4 Å². The molecular weight excluding hydrogens is 348 g/mol. The number of aliphatic hydroxyl groups is 1. The Bertz CT molecular complexity index is 640. The molecule has 0 heterocycles. The number of hydrogen-bond donors (Lipinski definition) is 1. The molecule has 4 aliphatic carbocycles. The van der Waals surface area contributed by atoms with Gasteiger partial charge in [0.05, 0.1) is 0 Å². The minimum Gasteiger partial charge on any atom is -0.462 e. The molecule has 0 spiro atoms. The van der Waals surface area contributed by atoms with Crippen LogP contribution in [0.5, 0.6) is 0 Å². The number of hydrogen-bond acceptors (Lipinski definition) is 3. The molecule has 0 saturated heterocycles. The molecule has 3 heteroatoms. The van der Waals surface area contributed by atoms with Crippen LogP contribution in [0.4, 0.5) is 0 Å². The summed E-state index contributed by atoms with van der Waals surface area (Å²) in [7, 11) is 0. The van der Waals surface area contributed by atoms with Crippen LogP contribution in [0.3, 0.4) is 0 Å². The number of rotatable bonds is 4. The average molecular weight is 389 g/mol. The molecule has 0 aromatic heterocycles. The maximum atomic E-state index is 11.4. The summed E-state index contributed by atoms with van der Waals surface area (Å²) in [6.45, 7) is 9.34. The van der Waals surface area contributed by atoms with Crippen LogP contribution >= 0.6 is 0 Å². The largest absolute Gasteiger partial charge is 0.462 e. The summed E-state index contributed by atoms with van der Waals surface area (Å²) in [6.07, 6.45) is 13.4. The van der Waals surface area contributed by atoms with E-state index in [1.54, 1.807) is 5.57 Å². The topological polar surface area (TPSA) is 46.5 Å². The van der Waals surface area contributed by atoms with E-state index in [0.717, 1.165) is 42.9 Å². The van der Waals surface area contributed by atoms with Gasteiger partial charge in [-0.25, -0.2) is 0 Å². The number of fused-ring (bicyclic) bond motifs is 5. The quantitative estimate of drug-likeness (QED) is 0.510. The molecule has 28 heavy (non-hydrogen) atoms. The fourth-order valence-corrected chi connectivity index (χ4v) is 8.34. The second-order valence-electron chi connectivity index (χ2n) is 11.0. The first-order valence-corrected chi connectivity index (χ1v) is 11.8. The van der Waals surface area contributed by atoms with Gasteiger partial charge in [-0.2, -0.15) is 0 Å². The zero-order valence-electron chi connectivity index (χ0n) is 18.4. The van der Waals surface area contributed by atoms with Crippen LogP contribution in [0, 0.1) is 40.4 Å². The molecule has 0 aliphatic heterocycles. The van der Waals surface area contributed by atoms with Crippen LogP contribution in [-0.4, -0.2) is 23.8 Å². The number of esters is 1. The van der Waals surface area contributed by atoms with E-state index in [4.69, 9.17) is 4.74 Å². The first kappa shape index (κ1) is 20.4. The third kappa shape index (κ3) is 3.16. The Morgan fingerprint density at radius 3 is 2.71 bits per heavy atom. The van der Waals surface area contributed by atoms with E-state index in [9.17, 15) is 9.90 Å². The molecule has 4 aliphatic rings. The van der Waals surface area contributed by atoms with Crippen LogP contribution in [0.1, 0.15) is 85.5 Å². The van der Waals surface area contributed by atoms with Crippen molar-refractivity contribution in [3.63, 3.8) is 0 Å². The maximum absolute atomic E-state index is 11.4. The lowest BCUT2D eigenvalue weighted by atomic mass is 9.47. The Morgan fingerprint density at radius 1 is 1.21 bits per heavy atom. The molecule has 0 aromatic rings. The van der Waals surface area contributed by atoms with Crippen LogP contribution < -0.4 is 0 Å². The van der Waals surface area contributed by atoms with Gasteiger partial charge in [0, 0.05) is 20.0 Å². The lowest BCUT2D eigenvalue weighted by molar-refractivity contribution is -0.148. The standard InChI is InChI=1S/C25H40O3/c1-16(11-14-26)21-7-8-22-20-6-5-18-15-19(28-17(2)27)9-12-24(18,3)23(20)10-13-25(21,22)4/h5,16,19-23,26H,6-15H2,1-4H3/t16-,19+,20+,21-,22+,23+,24+,25-/m1/s1. The molecule has 0 unspecified atom stereocenters. The molecular formula is C25H40O3. The summed E-state index contributed by atoms with van der Waals surface area (Å²) in [6, 6.07) is 0. The van der Waals surface area contributed by atoms with Crippen molar-refractivity contribution < 1.29 is 14.6 Å². The van der Waals surface area contributed by atoms with E-state index in [1.165, 1.54) is 45.4 Å². The summed E-state index contributed by atoms with van der Waals surface area (Å²) in [5.74, 6) is 3.76. The number of ether oxygens (including phenoxy) is 1. The first-order chi connectivity index (χ1) is 13.3. The Labute approximate surface area is 171 Å². The van der Waals surface area contributed by atoms with Crippen molar-refractivity contribution >= 4 is 5.97 Å². The van der Waals surface area contributed by atoms with Crippen LogP contribution in [0.15, 0.2) is 11.6 Å². The van der Waals surface area contributed by atoms with Gasteiger partial charge in [-0.15, -0.1) is 0 Å². The predicted molar refractivity (Wildman–Crippen MR) is 112 cm³/mol. The highest BCUT2D eigenvalue weighted by Gasteiger charge is 2.59. The van der Waals surface area contributed by atoms with E-state index >= 15 is 0 Å². The van der Waals surface area contributed by atoms with Gasteiger partial charge in [-0.05, 0) is 91.8 Å². The first-order valence-electron chi connectivity index (χ1n) is 11.8. The van der Waals surface area contributed by atoms with Gasteiger partial charge in [-0.3, -0.25) is 4.79 Å². The molecule has 3 nitrogen and oxygen atoms in total. The predicted octanol–water partition coefficient (Wildman–Crippen LogP) is 5.52. The third-order valence-corrected chi connectivity index (χ3v) is 9.74. The van der Waals surface area contributed by atoms with Gasteiger partial charge in [0.25, 0.3) is 0 Å². The van der Waals surface area contributed by atoms with E-state index in [1.807, 2.05) is 0 Å². The monoisotopic (exact) mass is 388 g/mol. The minimum atomic E-state index is -0.134. The highest BCUT2D eigenvalue weighted by molar-refractivity contribution is 5.66. The van der Waals surface area contributed by atoms with E-state index in [0.29, 0.717) is 23.4 Å². The average Bonchev–Trinajstić information content (AvgIpc) is 2.99. The van der Waals surface area contributed by atoms with E-state index < -0.39 is 0 Å². The van der Waals surface area contributed by atoms with Crippen LogP contribution in [0.25, 0.3) is 0 Å². The molecule has 1 N–H and O–H groups in total. The molecule has 0 aromatic carbocycles. The number of carbonyl (C=O) groups is 1. The smallest absolute Gasteiger partial charge is 0.302 e. The highest BCUT2D eigenvalue weighted by Crippen LogP contribution is 2.67. The maximum Gasteiger partial charge on any atom is 0.302 e. The molecule has 3 saturated carbocycles. The highest BCUT2D eigenvalue weighted by atomic mass is 16.5. The summed E-state index contributed by atoms with van der Waals surface area (Å²) < 4.78 is 5.57. The van der Waals surface area contributed by atoms with Gasteiger partial charge < -0.3 is 9.84 Å². The summed E-state index contributed by atoms with van der Waals surface area (Å²) in [5, 5.41) is 9.46. The molecule has 0 radical (unpaired) electrons. The lowest BCUT2D eigenvalue weighted by Crippen LogP contribution is -2.51. The van der Waals surface area contributed by atoms with Crippen molar-refractivity contribution in [2.45, 2.75) is 91.6 Å². The van der Waals surface area contributed by atoms with Gasteiger partial charge in [0.2, 0.25) is 0 Å². The van der Waals surface area contributed by atoms with Crippen molar-refractivity contribution in [2.24, 2.45) is 40.4 Å². The van der Waals surface area contributed by atoms with E-state index in [-0.39, 0.29) is 12.1 Å². The van der Waals surface area contributed by atoms with Crippen molar-refractivity contribution in [1.29, 1.82) is 0 Å². The zero-order valence-corrected chi connectivity index (χ0v) is 18.4. The minimum absolute atomic E-state index is 0.0948. The number of carbonyl (C=O) groups excluding carboxylic acids is 1. The van der Waals surface area contributed by atoms with Crippen molar-refractivity contribution in [3.8, 4) is 0 Å². The fourth-order valence-electron chi connectivity index (χ4n) is 8.34. The van der Waals surface area contributed by atoms with Gasteiger partial charge >= 0.3 is 5.97 Å². The van der Waals surface area contributed by atoms with Crippen LogP contribution in [-0.2, 0) is 9.53 Å². The van der Waals surface area contributed by atoms with E-state index in [2.05, 4.69) is 26.8 Å². The molecule has 3 fully saturated rings. The number of aliphatic hydroxyl groups excluding tert-OH is 1. The Balaban J connectivity index is 1.54.